The molecule has 1 amide bonds. The molecule has 3 nitrogen and oxygen atoms in total. The molecule has 13 heavy (non-hydrogen) atoms. The average molecular weight is 208 g/mol. The van der Waals surface area contributed by atoms with Crippen molar-refractivity contribution in [2.45, 2.75) is 13.8 Å². The van der Waals surface area contributed by atoms with Crippen molar-refractivity contribution in [1.82, 2.24) is 5.32 Å². The second-order valence-corrected chi connectivity index (χ2v) is 3.67. The molecule has 0 bridgehead atoms. The van der Waals surface area contributed by atoms with E-state index < -0.39 is 0 Å². The molecule has 0 heterocycles. The number of carbonyl (C=O) groups excluding carboxylic acids is 1. The minimum absolute atomic E-state index is 0.0120. The molecule has 0 aliphatic heterocycles. The van der Waals surface area contributed by atoms with Crippen molar-refractivity contribution in [2.24, 2.45) is 11.8 Å². The van der Waals surface area contributed by atoms with E-state index in [1.165, 1.54) is 0 Å². The quantitative estimate of drug-likeness (QED) is 0.666. The SMILES string of the molecule is COCC(C)CNC(=O)C(C)CCl. The number of amides is 1. The molecule has 0 saturated carbocycles. The van der Waals surface area contributed by atoms with Gasteiger partial charge >= 0.3 is 0 Å². The normalized spacial score (nSPS) is 15.1. The van der Waals surface area contributed by atoms with E-state index >= 15 is 0 Å². The summed E-state index contributed by atoms with van der Waals surface area (Å²) in [6, 6.07) is 0. The summed E-state index contributed by atoms with van der Waals surface area (Å²) in [6.45, 7) is 5.14. The zero-order valence-electron chi connectivity index (χ0n) is 8.47. The first-order valence-electron chi connectivity index (χ1n) is 4.44. The van der Waals surface area contributed by atoms with Crippen LogP contribution in [0.1, 0.15) is 13.8 Å². The maximum atomic E-state index is 11.2. The molecular formula is C9H18ClNO2. The van der Waals surface area contributed by atoms with Gasteiger partial charge in [0.05, 0.1) is 6.61 Å². The fourth-order valence-corrected chi connectivity index (χ4v) is 1.00. The van der Waals surface area contributed by atoms with Crippen molar-refractivity contribution < 1.29 is 9.53 Å². The van der Waals surface area contributed by atoms with Gasteiger partial charge in [-0.3, -0.25) is 4.79 Å². The molecule has 0 aromatic rings. The highest BCUT2D eigenvalue weighted by Gasteiger charge is 2.11. The van der Waals surface area contributed by atoms with Crippen LogP contribution in [0.5, 0.6) is 0 Å². The Morgan fingerprint density at radius 1 is 1.54 bits per heavy atom. The largest absolute Gasteiger partial charge is 0.384 e. The predicted octanol–water partition coefficient (Wildman–Crippen LogP) is 1.26. The monoisotopic (exact) mass is 207 g/mol. The molecule has 78 valence electrons. The van der Waals surface area contributed by atoms with E-state index in [-0.39, 0.29) is 11.8 Å². The number of rotatable bonds is 6. The number of hydrogen-bond acceptors (Lipinski definition) is 2. The van der Waals surface area contributed by atoms with E-state index in [1.54, 1.807) is 7.11 Å². The number of halogens is 1. The molecule has 0 radical (unpaired) electrons. The number of hydrogen-bond donors (Lipinski definition) is 1. The first-order chi connectivity index (χ1) is 6.11. The van der Waals surface area contributed by atoms with E-state index in [4.69, 9.17) is 16.3 Å². The fourth-order valence-electron chi connectivity index (χ4n) is 0.863. The highest BCUT2D eigenvalue weighted by atomic mass is 35.5. The summed E-state index contributed by atoms with van der Waals surface area (Å²) in [5.41, 5.74) is 0. The van der Waals surface area contributed by atoms with Crippen LogP contribution in [0.2, 0.25) is 0 Å². The van der Waals surface area contributed by atoms with E-state index in [9.17, 15) is 4.79 Å². The smallest absolute Gasteiger partial charge is 0.224 e. The molecule has 0 aromatic carbocycles. The zero-order chi connectivity index (χ0) is 10.3. The molecule has 0 fully saturated rings. The van der Waals surface area contributed by atoms with Gasteiger partial charge < -0.3 is 10.1 Å². The molecule has 0 aliphatic carbocycles. The van der Waals surface area contributed by atoms with E-state index in [2.05, 4.69) is 5.32 Å². The average Bonchev–Trinajstić information content (AvgIpc) is 2.13. The Bertz CT molecular complexity index is 153. The van der Waals surface area contributed by atoms with Gasteiger partial charge in [-0.1, -0.05) is 13.8 Å². The topological polar surface area (TPSA) is 38.3 Å². The van der Waals surface area contributed by atoms with Crippen molar-refractivity contribution >= 4 is 17.5 Å². The molecule has 2 atom stereocenters. The molecule has 0 aliphatic rings. The minimum Gasteiger partial charge on any atom is -0.384 e. The van der Waals surface area contributed by atoms with Gasteiger partial charge in [-0.15, -0.1) is 11.6 Å². The Kier molecular flexibility index (Phi) is 7.00. The number of ether oxygens (including phenoxy) is 1. The van der Waals surface area contributed by atoms with Gasteiger partial charge in [0.1, 0.15) is 0 Å². The third-order valence-electron chi connectivity index (χ3n) is 1.75. The highest BCUT2D eigenvalue weighted by Crippen LogP contribution is 1.98. The Morgan fingerprint density at radius 2 is 2.15 bits per heavy atom. The van der Waals surface area contributed by atoms with Crippen molar-refractivity contribution in [1.29, 1.82) is 0 Å². The maximum absolute atomic E-state index is 11.2. The number of methoxy groups -OCH3 is 1. The summed E-state index contributed by atoms with van der Waals surface area (Å²) in [6.07, 6.45) is 0. The maximum Gasteiger partial charge on any atom is 0.224 e. The first-order valence-corrected chi connectivity index (χ1v) is 4.97. The number of carbonyl (C=O) groups is 1. The number of nitrogens with one attached hydrogen (secondary N) is 1. The highest BCUT2D eigenvalue weighted by molar-refractivity contribution is 6.19. The van der Waals surface area contributed by atoms with Gasteiger partial charge in [0.25, 0.3) is 0 Å². The zero-order valence-corrected chi connectivity index (χ0v) is 9.23. The molecule has 0 rings (SSSR count). The molecule has 1 N–H and O–H groups in total. The Morgan fingerprint density at radius 3 is 2.62 bits per heavy atom. The third-order valence-corrected chi connectivity index (χ3v) is 2.22. The van der Waals surface area contributed by atoms with Gasteiger partial charge in [0, 0.05) is 25.5 Å². The summed E-state index contributed by atoms with van der Waals surface area (Å²) in [4.78, 5) is 11.2. The minimum atomic E-state index is -0.114. The summed E-state index contributed by atoms with van der Waals surface area (Å²) >= 11 is 5.54. The summed E-state index contributed by atoms with van der Waals surface area (Å²) in [5, 5.41) is 2.81. The van der Waals surface area contributed by atoms with Crippen molar-refractivity contribution in [3.05, 3.63) is 0 Å². The molecule has 2 unspecified atom stereocenters. The molecule has 0 saturated heterocycles. The van der Waals surface area contributed by atoms with Crippen LogP contribution in [0.4, 0.5) is 0 Å². The van der Waals surface area contributed by atoms with Crippen LogP contribution in [0, 0.1) is 11.8 Å². The number of alkyl halides is 1. The van der Waals surface area contributed by atoms with Crippen LogP contribution in [0.15, 0.2) is 0 Å². The van der Waals surface area contributed by atoms with Crippen molar-refractivity contribution in [3.63, 3.8) is 0 Å². The Balaban J connectivity index is 3.57. The van der Waals surface area contributed by atoms with Crippen LogP contribution in [-0.4, -0.2) is 32.0 Å². The first kappa shape index (κ1) is 12.7. The van der Waals surface area contributed by atoms with Gasteiger partial charge in [-0.05, 0) is 5.92 Å². The lowest BCUT2D eigenvalue weighted by atomic mass is 10.1. The van der Waals surface area contributed by atoms with Gasteiger partial charge in [0.15, 0.2) is 0 Å². The second-order valence-electron chi connectivity index (χ2n) is 3.36. The summed E-state index contributed by atoms with van der Waals surface area (Å²) < 4.78 is 4.95. The van der Waals surface area contributed by atoms with Crippen LogP contribution >= 0.6 is 11.6 Å². The lowest BCUT2D eigenvalue weighted by Crippen LogP contribution is -2.34. The molecule has 0 spiro atoms. The lowest BCUT2D eigenvalue weighted by molar-refractivity contribution is -0.124. The van der Waals surface area contributed by atoms with Gasteiger partial charge in [0.2, 0.25) is 5.91 Å². The molecule has 0 aromatic heterocycles. The van der Waals surface area contributed by atoms with E-state index in [1.807, 2.05) is 13.8 Å². The Labute approximate surface area is 84.8 Å². The van der Waals surface area contributed by atoms with Crippen LogP contribution in [-0.2, 0) is 9.53 Å². The van der Waals surface area contributed by atoms with Crippen LogP contribution in [0.3, 0.4) is 0 Å². The van der Waals surface area contributed by atoms with E-state index in [0.29, 0.717) is 24.9 Å². The fraction of sp³-hybridized carbons (Fsp3) is 0.889. The summed E-state index contributed by atoms with van der Waals surface area (Å²) in [5.74, 6) is 0.607. The Hall–Kier alpha value is -0.280. The van der Waals surface area contributed by atoms with Crippen LogP contribution < -0.4 is 5.32 Å². The summed E-state index contributed by atoms with van der Waals surface area (Å²) in [7, 11) is 1.65. The second kappa shape index (κ2) is 7.15. The third kappa shape index (κ3) is 5.88. The van der Waals surface area contributed by atoms with Crippen molar-refractivity contribution in [3.8, 4) is 0 Å². The van der Waals surface area contributed by atoms with Crippen molar-refractivity contribution in [2.75, 3.05) is 26.1 Å². The standard InChI is InChI=1S/C9H18ClNO2/c1-7(6-13-3)5-11-9(12)8(2)4-10/h7-8H,4-6H2,1-3H3,(H,11,12). The predicted molar refractivity (Wildman–Crippen MR) is 53.9 cm³/mol. The van der Waals surface area contributed by atoms with Gasteiger partial charge in [-0.2, -0.15) is 0 Å². The lowest BCUT2D eigenvalue weighted by Gasteiger charge is -2.13. The van der Waals surface area contributed by atoms with E-state index in [0.717, 1.165) is 0 Å². The molecular weight excluding hydrogens is 190 g/mol. The van der Waals surface area contributed by atoms with Crippen LogP contribution in [0.25, 0.3) is 0 Å². The molecule has 4 heteroatoms. The van der Waals surface area contributed by atoms with Gasteiger partial charge in [-0.25, -0.2) is 0 Å².